The lowest BCUT2D eigenvalue weighted by molar-refractivity contribution is 0.0672. The van der Waals surface area contributed by atoms with E-state index >= 15 is 0 Å². The molecule has 2 aromatic rings. The zero-order chi connectivity index (χ0) is 17.2. The number of piperidine rings is 1. The number of nitrogens with one attached hydrogen (secondary N) is 2. The van der Waals surface area contributed by atoms with E-state index in [2.05, 4.69) is 36.3 Å². The molecule has 3 rings (SSSR count). The monoisotopic (exact) mass is 330 g/mol. The first-order valence-electron chi connectivity index (χ1n) is 8.54. The number of hydrogen-bond acceptors (Lipinski definition) is 4. The minimum absolute atomic E-state index is 0.0108. The normalized spacial score (nSPS) is 16.5. The molecule has 1 aliphatic rings. The molecule has 0 aromatic carbocycles. The zero-order valence-electron chi connectivity index (χ0n) is 14.6. The number of aromatic nitrogens is 2. The number of H-pyrrole nitrogens is 1. The van der Waals surface area contributed by atoms with Gasteiger partial charge in [-0.2, -0.15) is 5.10 Å². The van der Waals surface area contributed by atoms with Crippen molar-refractivity contribution in [3.05, 3.63) is 41.6 Å². The summed E-state index contributed by atoms with van der Waals surface area (Å²) < 4.78 is 5.20. The fraction of sp³-hybridized carbons (Fsp3) is 0.556. The van der Waals surface area contributed by atoms with E-state index < -0.39 is 0 Å². The van der Waals surface area contributed by atoms with Crippen LogP contribution in [-0.4, -0.2) is 40.1 Å². The molecule has 1 amide bonds. The molecule has 6 heteroatoms. The lowest BCUT2D eigenvalue weighted by atomic mass is 9.89. The van der Waals surface area contributed by atoms with Crippen molar-refractivity contribution < 1.29 is 9.21 Å². The van der Waals surface area contributed by atoms with Crippen LogP contribution in [0.3, 0.4) is 0 Å². The van der Waals surface area contributed by atoms with E-state index in [0.717, 1.165) is 32.5 Å². The first-order valence-corrected chi connectivity index (χ1v) is 8.54. The van der Waals surface area contributed by atoms with Crippen LogP contribution in [-0.2, 0) is 12.0 Å². The topological polar surface area (TPSA) is 74.2 Å². The molecule has 6 nitrogen and oxygen atoms in total. The Hall–Kier alpha value is -2.08. The van der Waals surface area contributed by atoms with Gasteiger partial charge in [0.05, 0.1) is 12.5 Å². The Labute approximate surface area is 142 Å². The second-order valence-corrected chi connectivity index (χ2v) is 7.44. The molecule has 1 saturated heterocycles. The SMILES string of the molecule is CC(C)(C)c1[nH]ncc1CNC1CCN(C(=O)c2ccco2)CC1. The summed E-state index contributed by atoms with van der Waals surface area (Å²) in [6.45, 7) is 8.87. The van der Waals surface area contributed by atoms with Crippen molar-refractivity contribution in [3.63, 3.8) is 0 Å². The average molecular weight is 330 g/mol. The molecule has 130 valence electrons. The number of aromatic amines is 1. The Bertz CT molecular complexity index is 662. The standard InChI is InChI=1S/C18H26N4O2/c1-18(2,3)16-13(12-20-21-16)11-19-14-6-8-22(9-7-14)17(23)15-5-4-10-24-15/h4-5,10,12,14,19H,6-9,11H2,1-3H3,(H,20,21). The van der Waals surface area contributed by atoms with Gasteiger partial charge >= 0.3 is 0 Å². The van der Waals surface area contributed by atoms with Crippen LogP contribution in [0.2, 0.25) is 0 Å². The van der Waals surface area contributed by atoms with E-state index in [1.54, 1.807) is 18.4 Å². The van der Waals surface area contributed by atoms with Gasteiger partial charge in [0.2, 0.25) is 0 Å². The maximum absolute atomic E-state index is 12.3. The number of carbonyl (C=O) groups is 1. The number of likely N-dealkylation sites (tertiary alicyclic amines) is 1. The van der Waals surface area contributed by atoms with Gasteiger partial charge in [0.25, 0.3) is 5.91 Å². The summed E-state index contributed by atoms with van der Waals surface area (Å²) in [6.07, 6.45) is 5.35. The van der Waals surface area contributed by atoms with Crippen molar-refractivity contribution in [2.75, 3.05) is 13.1 Å². The largest absolute Gasteiger partial charge is 0.459 e. The third-order valence-electron chi connectivity index (χ3n) is 4.56. The van der Waals surface area contributed by atoms with Gasteiger partial charge in [0, 0.05) is 42.3 Å². The molecule has 0 spiro atoms. The van der Waals surface area contributed by atoms with Crippen molar-refractivity contribution in [2.24, 2.45) is 0 Å². The van der Waals surface area contributed by atoms with E-state index in [4.69, 9.17) is 4.42 Å². The van der Waals surface area contributed by atoms with E-state index in [1.165, 1.54) is 11.3 Å². The van der Waals surface area contributed by atoms with Crippen LogP contribution in [0.1, 0.15) is 55.4 Å². The molecule has 3 heterocycles. The highest BCUT2D eigenvalue weighted by Gasteiger charge is 2.25. The number of hydrogen-bond donors (Lipinski definition) is 2. The fourth-order valence-electron chi connectivity index (χ4n) is 3.19. The van der Waals surface area contributed by atoms with E-state index in [9.17, 15) is 4.79 Å². The molecule has 0 bridgehead atoms. The summed E-state index contributed by atoms with van der Waals surface area (Å²) in [5, 5.41) is 10.9. The molecule has 1 aliphatic heterocycles. The molecule has 2 aromatic heterocycles. The molecule has 0 aliphatic carbocycles. The Balaban J connectivity index is 1.50. The smallest absolute Gasteiger partial charge is 0.289 e. The Morgan fingerprint density at radius 2 is 2.17 bits per heavy atom. The first kappa shape index (κ1) is 16.8. The van der Waals surface area contributed by atoms with Crippen molar-refractivity contribution >= 4 is 5.91 Å². The van der Waals surface area contributed by atoms with Gasteiger partial charge in [-0.25, -0.2) is 0 Å². The Morgan fingerprint density at radius 1 is 1.42 bits per heavy atom. The van der Waals surface area contributed by atoms with Crippen LogP contribution >= 0.6 is 0 Å². The summed E-state index contributed by atoms with van der Waals surface area (Å²) in [4.78, 5) is 14.1. The summed E-state index contributed by atoms with van der Waals surface area (Å²) in [5.41, 5.74) is 2.46. The number of rotatable bonds is 4. The molecule has 0 atom stereocenters. The van der Waals surface area contributed by atoms with Crippen molar-refractivity contribution in [1.29, 1.82) is 0 Å². The van der Waals surface area contributed by atoms with Gasteiger partial charge in [-0.05, 0) is 25.0 Å². The lowest BCUT2D eigenvalue weighted by Crippen LogP contribution is -2.44. The molecule has 1 fully saturated rings. The highest BCUT2D eigenvalue weighted by Crippen LogP contribution is 2.23. The average Bonchev–Trinajstić information content (AvgIpc) is 3.23. The summed E-state index contributed by atoms with van der Waals surface area (Å²) in [6, 6.07) is 3.90. The van der Waals surface area contributed by atoms with Gasteiger partial charge < -0.3 is 14.6 Å². The third kappa shape index (κ3) is 3.70. The van der Waals surface area contributed by atoms with Crippen LogP contribution in [0.15, 0.2) is 29.0 Å². The number of carbonyl (C=O) groups excluding carboxylic acids is 1. The predicted octanol–water partition coefficient (Wildman–Crippen LogP) is 2.69. The minimum Gasteiger partial charge on any atom is -0.459 e. The van der Waals surface area contributed by atoms with Crippen LogP contribution in [0.25, 0.3) is 0 Å². The maximum Gasteiger partial charge on any atom is 0.289 e. The minimum atomic E-state index is -0.0108. The molecule has 24 heavy (non-hydrogen) atoms. The third-order valence-corrected chi connectivity index (χ3v) is 4.56. The molecule has 2 N–H and O–H groups in total. The Kier molecular flexibility index (Phi) is 4.76. The van der Waals surface area contributed by atoms with Gasteiger partial charge in [-0.3, -0.25) is 9.89 Å². The van der Waals surface area contributed by atoms with E-state index in [1.807, 2.05) is 11.1 Å². The van der Waals surface area contributed by atoms with Gasteiger partial charge in [0.1, 0.15) is 0 Å². The quantitative estimate of drug-likeness (QED) is 0.904. The van der Waals surface area contributed by atoms with E-state index in [0.29, 0.717) is 11.8 Å². The molecule has 0 saturated carbocycles. The van der Waals surface area contributed by atoms with Crippen molar-refractivity contribution in [1.82, 2.24) is 20.4 Å². The highest BCUT2D eigenvalue weighted by molar-refractivity contribution is 5.91. The predicted molar refractivity (Wildman–Crippen MR) is 91.8 cm³/mol. The molecule has 0 unspecified atom stereocenters. The van der Waals surface area contributed by atoms with E-state index in [-0.39, 0.29) is 11.3 Å². The number of amides is 1. The molecular formula is C18H26N4O2. The summed E-state index contributed by atoms with van der Waals surface area (Å²) in [5.74, 6) is 0.415. The second kappa shape index (κ2) is 6.81. The van der Waals surface area contributed by atoms with Crippen molar-refractivity contribution in [3.8, 4) is 0 Å². The summed E-state index contributed by atoms with van der Waals surface area (Å²) >= 11 is 0. The Morgan fingerprint density at radius 3 is 2.79 bits per heavy atom. The zero-order valence-corrected chi connectivity index (χ0v) is 14.6. The van der Waals surface area contributed by atoms with Crippen LogP contribution in [0.5, 0.6) is 0 Å². The maximum atomic E-state index is 12.3. The van der Waals surface area contributed by atoms with Crippen LogP contribution in [0, 0.1) is 0 Å². The van der Waals surface area contributed by atoms with Gasteiger partial charge in [-0.1, -0.05) is 20.8 Å². The van der Waals surface area contributed by atoms with Crippen molar-refractivity contribution in [2.45, 2.75) is 51.6 Å². The van der Waals surface area contributed by atoms with Crippen LogP contribution < -0.4 is 5.32 Å². The first-order chi connectivity index (χ1) is 11.4. The molecule has 0 radical (unpaired) electrons. The van der Waals surface area contributed by atoms with Gasteiger partial charge in [-0.15, -0.1) is 0 Å². The van der Waals surface area contributed by atoms with Crippen LogP contribution in [0.4, 0.5) is 0 Å². The highest BCUT2D eigenvalue weighted by atomic mass is 16.3. The lowest BCUT2D eigenvalue weighted by Gasteiger charge is -2.32. The summed E-state index contributed by atoms with van der Waals surface area (Å²) in [7, 11) is 0. The fourth-order valence-corrected chi connectivity index (χ4v) is 3.19. The number of nitrogens with zero attached hydrogens (tertiary/aromatic N) is 2. The number of furan rings is 1. The van der Waals surface area contributed by atoms with Gasteiger partial charge in [0.15, 0.2) is 5.76 Å². The molecular weight excluding hydrogens is 304 g/mol. The second-order valence-electron chi connectivity index (χ2n) is 7.44.